The van der Waals surface area contributed by atoms with Gasteiger partial charge >= 0.3 is 0 Å². The third-order valence-corrected chi connectivity index (χ3v) is 3.82. The van der Waals surface area contributed by atoms with Crippen LogP contribution in [0.1, 0.15) is 10.4 Å². The second-order valence-corrected chi connectivity index (χ2v) is 5.86. The first-order valence-corrected chi connectivity index (χ1v) is 7.28. The summed E-state index contributed by atoms with van der Waals surface area (Å²) >= 11 is 14.8. The van der Waals surface area contributed by atoms with Crippen molar-refractivity contribution in [3.8, 4) is 5.75 Å². The highest BCUT2D eigenvalue weighted by atomic mass is 79.9. The Morgan fingerprint density at radius 3 is 2.55 bits per heavy atom. The summed E-state index contributed by atoms with van der Waals surface area (Å²) in [7, 11) is 0. The van der Waals surface area contributed by atoms with E-state index in [1.165, 1.54) is 24.3 Å². The Kier molecular flexibility index (Phi) is 4.90. The highest BCUT2D eigenvalue weighted by molar-refractivity contribution is 9.10. The Labute approximate surface area is 142 Å². The molecule has 0 aromatic heterocycles. The van der Waals surface area contributed by atoms with Gasteiger partial charge in [-0.1, -0.05) is 23.2 Å². The van der Waals surface area contributed by atoms with Crippen molar-refractivity contribution in [2.24, 2.45) is 0 Å². The molecule has 22 heavy (non-hydrogen) atoms. The van der Waals surface area contributed by atoms with Gasteiger partial charge in [-0.15, -0.1) is 0 Å². The van der Waals surface area contributed by atoms with E-state index in [1.54, 1.807) is 0 Å². The number of non-ortho nitro benzene ring substituents is 1. The van der Waals surface area contributed by atoms with Gasteiger partial charge in [-0.2, -0.15) is 0 Å². The number of hydrogen-bond acceptors (Lipinski definition) is 4. The number of anilines is 1. The number of nitrogens with one attached hydrogen (secondary N) is 1. The lowest BCUT2D eigenvalue weighted by Crippen LogP contribution is -2.12. The molecule has 9 heteroatoms. The van der Waals surface area contributed by atoms with Crippen LogP contribution < -0.4 is 5.32 Å². The van der Waals surface area contributed by atoms with Gasteiger partial charge in [0.2, 0.25) is 0 Å². The first-order chi connectivity index (χ1) is 10.3. The molecule has 114 valence electrons. The molecule has 2 N–H and O–H groups in total. The van der Waals surface area contributed by atoms with Crippen molar-refractivity contribution < 1.29 is 14.8 Å². The van der Waals surface area contributed by atoms with Crippen molar-refractivity contribution in [2.45, 2.75) is 0 Å². The zero-order chi connectivity index (χ0) is 16.4. The Hall–Kier alpha value is -1.83. The molecule has 0 fully saturated rings. The second-order valence-electron chi connectivity index (χ2n) is 4.16. The number of nitro benzene ring substituents is 1. The summed E-state index contributed by atoms with van der Waals surface area (Å²) in [5.41, 5.74) is -0.0853. The Morgan fingerprint density at radius 2 is 1.95 bits per heavy atom. The number of phenols is 1. The molecule has 2 aromatic carbocycles. The zero-order valence-corrected chi connectivity index (χ0v) is 13.7. The monoisotopic (exact) mass is 404 g/mol. The fourth-order valence-corrected chi connectivity index (χ4v) is 2.68. The molecule has 0 unspecified atom stereocenters. The summed E-state index contributed by atoms with van der Waals surface area (Å²) in [6.07, 6.45) is 0. The molecule has 0 bridgehead atoms. The second kappa shape index (κ2) is 6.51. The average Bonchev–Trinajstić information content (AvgIpc) is 2.44. The molecule has 0 aliphatic rings. The summed E-state index contributed by atoms with van der Waals surface area (Å²) in [5.74, 6) is -0.934. The average molecular weight is 406 g/mol. The van der Waals surface area contributed by atoms with E-state index in [9.17, 15) is 20.0 Å². The fraction of sp³-hybridized carbons (Fsp3) is 0. The molecule has 0 aliphatic heterocycles. The van der Waals surface area contributed by atoms with Crippen molar-refractivity contribution in [3.63, 3.8) is 0 Å². The molecule has 0 aliphatic carbocycles. The third-order valence-electron chi connectivity index (χ3n) is 2.68. The molecular formula is C13H7BrCl2N2O4. The van der Waals surface area contributed by atoms with E-state index in [0.717, 1.165) is 6.07 Å². The number of nitro groups is 1. The maximum absolute atomic E-state index is 12.2. The molecule has 6 nitrogen and oxygen atoms in total. The molecule has 0 saturated carbocycles. The van der Waals surface area contributed by atoms with Gasteiger partial charge in [0.1, 0.15) is 5.75 Å². The van der Waals surface area contributed by atoms with Gasteiger partial charge < -0.3 is 10.4 Å². The maximum Gasteiger partial charge on any atom is 0.271 e. The van der Waals surface area contributed by atoms with Crippen molar-refractivity contribution in [2.75, 3.05) is 5.32 Å². The number of phenolic OH excluding ortho intramolecular Hbond substituents is 1. The minimum absolute atomic E-state index is 0.00290. The quantitative estimate of drug-likeness (QED) is 0.575. The van der Waals surface area contributed by atoms with Crippen LogP contribution in [0.3, 0.4) is 0 Å². The number of aromatic hydroxyl groups is 1. The maximum atomic E-state index is 12.2. The number of hydrogen-bond donors (Lipinski definition) is 2. The number of carbonyl (C=O) groups excluding carboxylic acids is 1. The van der Waals surface area contributed by atoms with Crippen molar-refractivity contribution >= 4 is 56.4 Å². The molecule has 2 aromatic rings. The van der Waals surface area contributed by atoms with Gasteiger partial charge in [0.25, 0.3) is 11.6 Å². The number of benzene rings is 2. The van der Waals surface area contributed by atoms with Gasteiger partial charge in [-0.05, 0) is 34.1 Å². The van der Waals surface area contributed by atoms with Crippen LogP contribution in [-0.2, 0) is 0 Å². The summed E-state index contributed by atoms with van der Waals surface area (Å²) in [5, 5.41) is 23.2. The van der Waals surface area contributed by atoms with E-state index in [1.807, 2.05) is 0 Å². The summed E-state index contributed by atoms with van der Waals surface area (Å²) in [4.78, 5) is 22.2. The first kappa shape index (κ1) is 16.5. The van der Waals surface area contributed by atoms with Crippen LogP contribution in [0.2, 0.25) is 10.0 Å². The predicted octanol–water partition coefficient (Wildman–Crippen LogP) is 4.62. The van der Waals surface area contributed by atoms with Crippen LogP contribution in [0.5, 0.6) is 5.75 Å². The summed E-state index contributed by atoms with van der Waals surface area (Å²) in [6.45, 7) is 0. The smallest absolute Gasteiger partial charge is 0.271 e. The Balaban J connectivity index is 2.32. The van der Waals surface area contributed by atoms with E-state index >= 15 is 0 Å². The van der Waals surface area contributed by atoms with Crippen LogP contribution in [-0.4, -0.2) is 15.9 Å². The predicted molar refractivity (Wildman–Crippen MR) is 86.9 cm³/mol. The molecule has 0 atom stereocenters. The van der Waals surface area contributed by atoms with Crippen LogP contribution in [0.4, 0.5) is 11.4 Å². The number of rotatable bonds is 3. The highest BCUT2D eigenvalue weighted by Gasteiger charge is 2.17. The fourth-order valence-electron chi connectivity index (χ4n) is 1.65. The molecule has 0 radical (unpaired) electrons. The minimum atomic E-state index is -0.656. The van der Waals surface area contributed by atoms with Crippen LogP contribution in [0, 0.1) is 10.1 Å². The first-order valence-electron chi connectivity index (χ1n) is 5.73. The van der Waals surface area contributed by atoms with Crippen molar-refractivity contribution in [3.05, 3.63) is 60.5 Å². The van der Waals surface area contributed by atoms with E-state index < -0.39 is 10.8 Å². The van der Waals surface area contributed by atoms with E-state index in [0.29, 0.717) is 0 Å². The zero-order valence-electron chi connectivity index (χ0n) is 10.6. The van der Waals surface area contributed by atoms with Gasteiger partial charge in [-0.25, -0.2) is 0 Å². The van der Waals surface area contributed by atoms with Crippen molar-refractivity contribution in [1.82, 2.24) is 0 Å². The number of halogens is 3. The number of carbonyl (C=O) groups is 1. The van der Waals surface area contributed by atoms with Gasteiger partial charge in [-0.3, -0.25) is 14.9 Å². The van der Waals surface area contributed by atoms with Crippen molar-refractivity contribution in [1.29, 1.82) is 0 Å². The molecular weight excluding hydrogens is 399 g/mol. The van der Waals surface area contributed by atoms with Crippen LogP contribution in [0.15, 0.2) is 34.8 Å². The Bertz CT molecular complexity index is 783. The van der Waals surface area contributed by atoms with Gasteiger partial charge in [0, 0.05) is 17.2 Å². The molecule has 0 heterocycles. The molecule has 1 amide bonds. The highest BCUT2D eigenvalue weighted by Crippen LogP contribution is 2.33. The summed E-state index contributed by atoms with van der Waals surface area (Å²) in [6, 6.07) is 6.35. The minimum Gasteiger partial charge on any atom is -0.506 e. The number of nitrogens with zero attached hydrogens (tertiary/aromatic N) is 1. The Morgan fingerprint density at radius 1 is 1.27 bits per heavy atom. The third kappa shape index (κ3) is 3.49. The standard InChI is InChI=1S/C13H7BrCl2N2O4/c14-9-4-6(15)3-8(12(9)19)13(20)17-11-2-1-7(18(21)22)5-10(11)16/h1-5,19H,(H,17,20). The topological polar surface area (TPSA) is 92.5 Å². The van der Waals surface area contributed by atoms with E-state index in [2.05, 4.69) is 21.2 Å². The number of amides is 1. The van der Waals surface area contributed by atoms with Crippen LogP contribution in [0.25, 0.3) is 0 Å². The largest absolute Gasteiger partial charge is 0.506 e. The normalized spacial score (nSPS) is 10.3. The van der Waals surface area contributed by atoms with Crippen LogP contribution >= 0.6 is 39.1 Å². The molecule has 0 saturated heterocycles. The van der Waals surface area contributed by atoms with Gasteiger partial charge in [0.15, 0.2) is 0 Å². The SMILES string of the molecule is O=C(Nc1ccc([N+](=O)[O-])cc1Cl)c1cc(Cl)cc(Br)c1O. The van der Waals surface area contributed by atoms with E-state index in [4.69, 9.17) is 23.2 Å². The molecule has 0 spiro atoms. The lowest BCUT2D eigenvalue weighted by molar-refractivity contribution is -0.384. The van der Waals surface area contributed by atoms with E-state index in [-0.39, 0.29) is 37.2 Å². The lowest BCUT2D eigenvalue weighted by Gasteiger charge is -2.10. The lowest BCUT2D eigenvalue weighted by atomic mass is 10.2. The molecule has 2 rings (SSSR count). The summed E-state index contributed by atoms with van der Waals surface area (Å²) < 4.78 is 0.264. The van der Waals surface area contributed by atoms with Gasteiger partial charge in [0.05, 0.1) is 25.7 Å².